The number of benzene rings is 3. The fourth-order valence-electron chi connectivity index (χ4n) is 4.16. The van der Waals surface area contributed by atoms with Crippen molar-refractivity contribution in [2.45, 2.75) is 24.9 Å². The predicted molar refractivity (Wildman–Crippen MR) is 142 cm³/mol. The highest BCUT2D eigenvalue weighted by Crippen LogP contribution is 2.19. The molecule has 5 rings (SSSR count). The molecule has 7 heteroatoms. The summed E-state index contributed by atoms with van der Waals surface area (Å²) < 4.78 is 1.74. The fourth-order valence-corrected chi connectivity index (χ4v) is 4.92. The van der Waals surface area contributed by atoms with Crippen LogP contribution in [0, 0.1) is 6.92 Å². The number of carbonyl (C=O) groups excluding carboxylic acids is 1. The zero-order valence-electron chi connectivity index (χ0n) is 19.5. The Bertz CT molecular complexity index is 1550. The number of hydrogen-bond donors (Lipinski definition) is 2. The van der Waals surface area contributed by atoms with Gasteiger partial charge in [0.1, 0.15) is 0 Å². The molecule has 0 aliphatic rings. The van der Waals surface area contributed by atoms with Gasteiger partial charge in [-0.3, -0.25) is 14.2 Å². The molecule has 0 saturated carbocycles. The van der Waals surface area contributed by atoms with Crippen LogP contribution >= 0.6 is 11.8 Å². The first-order chi connectivity index (χ1) is 17.1. The first-order valence-corrected chi connectivity index (χ1v) is 12.6. The number of thioether (sulfide) groups is 1. The highest BCUT2D eigenvalue weighted by atomic mass is 32.2. The molecule has 2 heterocycles. The maximum atomic E-state index is 13.3. The second-order valence-electron chi connectivity index (χ2n) is 8.53. The van der Waals surface area contributed by atoms with E-state index in [9.17, 15) is 9.59 Å². The van der Waals surface area contributed by atoms with Crippen LogP contribution in [0.25, 0.3) is 21.9 Å². The van der Waals surface area contributed by atoms with Gasteiger partial charge in [0.25, 0.3) is 5.56 Å². The minimum Gasteiger partial charge on any atom is -0.361 e. The van der Waals surface area contributed by atoms with Gasteiger partial charge < -0.3 is 10.3 Å². The van der Waals surface area contributed by atoms with E-state index in [4.69, 9.17) is 0 Å². The van der Waals surface area contributed by atoms with Crippen molar-refractivity contribution in [1.82, 2.24) is 19.9 Å². The summed E-state index contributed by atoms with van der Waals surface area (Å²) in [6.45, 7) is 3.02. The van der Waals surface area contributed by atoms with Gasteiger partial charge in [0, 0.05) is 23.6 Å². The summed E-state index contributed by atoms with van der Waals surface area (Å²) in [5.74, 6) is 0.0215. The van der Waals surface area contributed by atoms with E-state index in [0.717, 1.165) is 28.5 Å². The van der Waals surface area contributed by atoms with Crippen LogP contribution in [0.15, 0.2) is 88.8 Å². The van der Waals surface area contributed by atoms with E-state index >= 15 is 0 Å². The number of carbonyl (C=O) groups is 1. The molecule has 0 unspecified atom stereocenters. The van der Waals surface area contributed by atoms with Gasteiger partial charge in [-0.15, -0.1) is 0 Å². The lowest BCUT2D eigenvalue weighted by atomic mass is 10.1. The average molecular weight is 483 g/mol. The van der Waals surface area contributed by atoms with Crippen LogP contribution in [0.2, 0.25) is 0 Å². The van der Waals surface area contributed by atoms with E-state index in [1.54, 1.807) is 4.57 Å². The van der Waals surface area contributed by atoms with Crippen molar-refractivity contribution in [3.8, 4) is 0 Å². The monoisotopic (exact) mass is 482 g/mol. The van der Waals surface area contributed by atoms with Gasteiger partial charge in [-0.25, -0.2) is 4.98 Å². The minimum absolute atomic E-state index is 0.116. The number of H-pyrrole nitrogens is 1. The Morgan fingerprint density at radius 3 is 2.66 bits per heavy atom. The van der Waals surface area contributed by atoms with E-state index < -0.39 is 0 Å². The Morgan fingerprint density at radius 1 is 1.03 bits per heavy atom. The summed E-state index contributed by atoms with van der Waals surface area (Å²) in [4.78, 5) is 33.6. The summed E-state index contributed by atoms with van der Waals surface area (Å²) in [5, 5.41) is 4.47. The second-order valence-corrected chi connectivity index (χ2v) is 9.49. The molecule has 0 aliphatic carbocycles. The highest BCUT2D eigenvalue weighted by Gasteiger charge is 2.14. The molecule has 0 spiro atoms. The van der Waals surface area contributed by atoms with Crippen LogP contribution in [0.4, 0.5) is 0 Å². The number of para-hydroxylation sites is 3. The molecule has 0 bridgehead atoms. The summed E-state index contributed by atoms with van der Waals surface area (Å²) in [7, 11) is 0. The molecule has 35 heavy (non-hydrogen) atoms. The van der Waals surface area contributed by atoms with Crippen LogP contribution in [0.3, 0.4) is 0 Å². The summed E-state index contributed by atoms with van der Waals surface area (Å²) >= 11 is 1.18. The normalized spacial score (nSPS) is 11.2. The number of aromatic amines is 1. The molecule has 1 amide bonds. The standard InChI is InChI=1S/C28H26N4O2S/c1-19-10-12-20(13-11-19)17-32-25-9-5-4-8-24(25)31-27(28(32)34)35-18-26(33)29-15-14-21-16-30-23-7-3-2-6-22(21)23/h2-13,16,30H,14-15,17-18H2,1H3,(H,29,33). The van der Waals surface area contributed by atoms with Gasteiger partial charge in [0.2, 0.25) is 5.91 Å². The number of hydrogen-bond acceptors (Lipinski definition) is 4. The topological polar surface area (TPSA) is 79.8 Å². The number of fused-ring (bicyclic) bond motifs is 2. The molecule has 0 radical (unpaired) electrons. The third kappa shape index (κ3) is 5.15. The van der Waals surface area contributed by atoms with Crippen LogP contribution in [-0.4, -0.2) is 32.7 Å². The largest absolute Gasteiger partial charge is 0.361 e. The zero-order valence-corrected chi connectivity index (χ0v) is 20.3. The Kier molecular flexibility index (Phi) is 6.68. The van der Waals surface area contributed by atoms with Crippen molar-refractivity contribution < 1.29 is 4.79 Å². The first kappa shape index (κ1) is 22.9. The quantitative estimate of drug-likeness (QED) is 0.315. The lowest BCUT2D eigenvalue weighted by molar-refractivity contribution is -0.118. The van der Waals surface area contributed by atoms with Crippen LogP contribution in [0.5, 0.6) is 0 Å². The molecule has 0 aliphatic heterocycles. The maximum Gasteiger partial charge on any atom is 0.283 e. The van der Waals surface area contributed by atoms with Gasteiger partial charge in [-0.2, -0.15) is 0 Å². The van der Waals surface area contributed by atoms with Gasteiger partial charge in [0.15, 0.2) is 5.03 Å². The maximum absolute atomic E-state index is 13.3. The fraction of sp³-hybridized carbons (Fsp3) is 0.179. The Hall–Kier alpha value is -3.84. The summed E-state index contributed by atoms with van der Waals surface area (Å²) in [6, 6.07) is 23.9. The number of rotatable bonds is 8. The smallest absolute Gasteiger partial charge is 0.283 e. The molecule has 0 fully saturated rings. The van der Waals surface area contributed by atoms with Crippen molar-refractivity contribution in [3.05, 3.63) is 106 Å². The Labute approximate surface area is 207 Å². The summed E-state index contributed by atoms with van der Waals surface area (Å²) in [5.41, 5.74) is 5.82. The van der Waals surface area contributed by atoms with Crippen molar-refractivity contribution in [1.29, 1.82) is 0 Å². The molecule has 3 aromatic carbocycles. The average Bonchev–Trinajstić information content (AvgIpc) is 3.29. The molecule has 5 aromatic rings. The molecule has 6 nitrogen and oxygen atoms in total. The number of nitrogens with one attached hydrogen (secondary N) is 2. The number of amides is 1. The lowest BCUT2D eigenvalue weighted by Gasteiger charge is -2.12. The van der Waals surface area contributed by atoms with Gasteiger partial charge >= 0.3 is 0 Å². The minimum atomic E-state index is -0.180. The SMILES string of the molecule is Cc1ccc(Cn2c(=O)c(SCC(=O)NCCc3c[nH]c4ccccc34)nc3ccccc32)cc1. The van der Waals surface area contributed by atoms with E-state index in [-0.39, 0.29) is 17.2 Å². The van der Waals surface area contributed by atoms with Gasteiger partial charge in [-0.1, -0.05) is 71.9 Å². The van der Waals surface area contributed by atoms with Gasteiger partial charge in [0.05, 0.1) is 23.3 Å². The number of nitrogens with zero attached hydrogens (tertiary/aromatic N) is 2. The van der Waals surface area contributed by atoms with E-state index in [1.807, 2.05) is 79.9 Å². The highest BCUT2D eigenvalue weighted by molar-refractivity contribution is 7.99. The summed E-state index contributed by atoms with van der Waals surface area (Å²) in [6.07, 6.45) is 2.72. The molecular weight excluding hydrogens is 456 g/mol. The van der Waals surface area contributed by atoms with E-state index in [1.165, 1.54) is 28.3 Å². The number of aryl methyl sites for hydroxylation is 1. The molecule has 0 atom stereocenters. The third-order valence-corrected chi connectivity index (χ3v) is 6.96. The molecular formula is C28H26N4O2S. The van der Waals surface area contributed by atoms with E-state index in [2.05, 4.69) is 21.4 Å². The van der Waals surface area contributed by atoms with Crippen molar-refractivity contribution >= 4 is 39.6 Å². The Balaban J connectivity index is 1.27. The van der Waals surface area contributed by atoms with Crippen molar-refractivity contribution in [2.24, 2.45) is 0 Å². The third-order valence-electron chi connectivity index (χ3n) is 6.02. The number of aromatic nitrogens is 3. The predicted octanol–water partition coefficient (Wildman–Crippen LogP) is 4.69. The zero-order chi connectivity index (χ0) is 24.2. The molecule has 0 saturated heterocycles. The molecule has 176 valence electrons. The van der Waals surface area contributed by atoms with Crippen LogP contribution in [0.1, 0.15) is 16.7 Å². The van der Waals surface area contributed by atoms with E-state index in [0.29, 0.717) is 18.1 Å². The molecule has 2 aromatic heterocycles. The second kappa shape index (κ2) is 10.2. The van der Waals surface area contributed by atoms with Gasteiger partial charge in [-0.05, 0) is 42.7 Å². The van der Waals surface area contributed by atoms with Crippen LogP contribution < -0.4 is 10.9 Å². The molecule has 2 N–H and O–H groups in total. The van der Waals surface area contributed by atoms with Crippen LogP contribution in [-0.2, 0) is 17.8 Å². The lowest BCUT2D eigenvalue weighted by Crippen LogP contribution is -2.28. The Morgan fingerprint density at radius 2 is 1.80 bits per heavy atom. The first-order valence-electron chi connectivity index (χ1n) is 11.6. The van der Waals surface area contributed by atoms with Crippen molar-refractivity contribution in [2.75, 3.05) is 12.3 Å². The van der Waals surface area contributed by atoms with Crippen molar-refractivity contribution in [3.63, 3.8) is 0 Å².